The number of rotatable bonds is 4. The highest BCUT2D eigenvalue weighted by Gasteiger charge is 2.39. The number of aryl methyl sites for hydroxylation is 1. The lowest BCUT2D eigenvalue weighted by atomic mass is 10.1. The van der Waals surface area contributed by atoms with Crippen LogP contribution in [0.5, 0.6) is 0 Å². The van der Waals surface area contributed by atoms with E-state index in [0.29, 0.717) is 4.52 Å². The van der Waals surface area contributed by atoms with E-state index in [1.54, 1.807) is 10.8 Å². The molecule has 0 spiro atoms. The van der Waals surface area contributed by atoms with Crippen molar-refractivity contribution >= 4 is 21.6 Å². The molecule has 0 fully saturated rings. The highest BCUT2D eigenvalue weighted by atomic mass is 32.2. The van der Waals surface area contributed by atoms with Crippen LogP contribution in [0.15, 0.2) is 64.5 Å². The number of hydrogen-bond acceptors (Lipinski definition) is 6. The number of nitrogens with one attached hydrogen (secondary N) is 2. The van der Waals surface area contributed by atoms with Gasteiger partial charge in [0.15, 0.2) is 10.7 Å². The van der Waals surface area contributed by atoms with Gasteiger partial charge in [0.1, 0.15) is 11.2 Å². The van der Waals surface area contributed by atoms with Gasteiger partial charge in [-0.2, -0.15) is 31.2 Å². The summed E-state index contributed by atoms with van der Waals surface area (Å²) in [6.45, 7) is 1.26. The summed E-state index contributed by atoms with van der Waals surface area (Å²) in [6, 6.07) is 11.5. The van der Waals surface area contributed by atoms with Crippen molar-refractivity contribution in [1.82, 2.24) is 24.3 Å². The van der Waals surface area contributed by atoms with Gasteiger partial charge >= 0.3 is 6.18 Å². The smallest absolute Gasteiger partial charge is 0.342 e. The molecule has 0 bridgehead atoms. The van der Waals surface area contributed by atoms with Crippen LogP contribution in [0.3, 0.4) is 0 Å². The number of amides is 1. The van der Waals surface area contributed by atoms with E-state index >= 15 is 0 Å². The number of sulfonamides is 1. The third-order valence-corrected chi connectivity index (χ3v) is 5.92. The number of halogens is 3. The Bertz CT molecular complexity index is 1530. The molecule has 2 N–H and O–H groups in total. The largest absolute Gasteiger partial charge is 0.435 e. The molecule has 0 aliphatic rings. The Balaban J connectivity index is 1.89. The van der Waals surface area contributed by atoms with Crippen LogP contribution in [0.4, 0.5) is 13.2 Å². The van der Waals surface area contributed by atoms with Crippen molar-refractivity contribution in [3.8, 4) is 11.1 Å². The molecule has 1 amide bonds. The molecule has 4 aromatic rings. The Morgan fingerprint density at radius 3 is 2.36 bits per heavy atom. The lowest BCUT2D eigenvalue weighted by Gasteiger charge is -2.09. The first-order valence-corrected chi connectivity index (χ1v) is 10.8. The van der Waals surface area contributed by atoms with Gasteiger partial charge in [0, 0.05) is 11.9 Å². The third kappa shape index (κ3) is 3.98. The Morgan fingerprint density at radius 1 is 1.09 bits per heavy atom. The van der Waals surface area contributed by atoms with Crippen LogP contribution in [0, 0.1) is 6.92 Å². The number of aromatic nitrogens is 4. The molecule has 4 rings (SSSR count). The molecule has 0 aliphatic heterocycles. The molecule has 9 nitrogen and oxygen atoms in total. The van der Waals surface area contributed by atoms with Crippen molar-refractivity contribution in [3.63, 3.8) is 0 Å². The van der Waals surface area contributed by atoms with Crippen LogP contribution in [-0.2, 0) is 16.2 Å². The van der Waals surface area contributed by atoms with E-state index in [4.69, 9.17) is 0 Å². The third-order valence-electron chi connectivity index (χ3n) is 4.67. The molecule has 0 aliphatic carbocycles. The van der Waals surface area contributed by atoms with Crippen LogP contribution in [-0.4, -0.2) is 33.9 Å². The summed E-state index contributed by atoms with van der Waals surface area (Å²) in [6.07, 6.45) is -3.72. The van der Waals surface area contributed by atoms with Gasteiger partial charge in [-0.05, 0) is 24.6 Å². The summed E-state index contributed by atoms with van der Waals surface area (Å²) in [4.78, 5) is 31.9. The van der Waals surface area contributed by atoms with Crippen LogP contribution >= 0.6 is 0 Å². The zero-order chi connectivity index (χ0) is 24.0. The topological polar surface area (TPSA) is 126 Å². The van der Waals surface area contributed by atoms with E-state index in [1.807, 2.05) is 0 Å². The molecular formula is C20H14F3N5O4S. The normalized spacial score (nSPS) is 12.1. The number of aromatic amines is 1. The highest BCUT2D eigenvalue weighted by Crippen LogP contribution is 2.38. The lowest BCUT2D eigenvalue weighted by Crippen LogP contribution is -2.37. The van der Waals surface area contributed by atoms with Crippen LogP contribution < -0.4 is 10.3 Å². The Labute approximate surface area is 184 Å². The number of hydrogen-bond donors (Lipinski definition) is 2. The number of nitrogens with zero attached hydrogens (tertiary/aromatic N) is 3. The van der Waals surface area contributed by atoms with E-state index in [1.165, 1.54) is 49.5 Å². The van der Waals surface area contributed by atoms with E-state index in [9.17, 15) is 31.2 Å². The highest BCUT2D eigenvalue weighted by molar-refractivity contribution is 7.90. The molecular weight excluding hydrogens is 463 g/mol. The Kier molecular flexibility index (Phi) is 5.28. The second-order valence-electron chi connectivity index (χ2n) is 6.88. The van der Waals surface area contributed by atoms with Gasteiger partial charge in [0.05, 0.1) is 5.56 Å². The van der Waals surface area contributed by atoms with Gasteiger partial charge in [0.25, 0.3) is 21.5 Å². The quantitative estimate of drug-likeness (QED) is 0.465. The minimum absolute atomic E-state index is 0.143. The maximum absolute atomic E-state index is 13.7. The molecule has 33 heavy (non-hydrogen) atoms. The zero-order valence-corrected chi connectivity index (χ0v) is 17.5. The average molecular weight is 477 g/mol. The standard InChI is InChI=1S/C20H14F3N5O4S/c1-11-14(18(29)27-33(31,32)13-9-5-6-10-24-13)19(30)28-17(25-11)15(12-7-3-2-4-8-12)16(26-28)20(21,22)23/h2-10,25H,1H3,(H,27,29). The van der Waals surface area contributed by atoms with Gasteiger partial charge in [-0.25, -0.2) is 9.71 Å². The van der Waals surface area contributed by atoms with Crippen LogP contribution in [0.2, 0.25) is 0 Å². The fourth-order valence-corrected chi connectivity index (χ4v) is 4.17. The predicted molar refractivity (Wildman–Crippen MR) is 110 cm³/mol. The molecule has 3 aromatic heterocycles. The summed E-state index contributed by atoms with van der Waals surface area (Å²) in [5, 5.41) is 2.93. The first-order valence-electron chi connectivity index (χ1n) is 9.27. The summed E-state index contributed by atoms with van der Waals surface area (Å²) in [5.74, 6) is -1.34. The first-order chi connectivity index (χ1) is 15.5. The number of carbonyl (C=O) groups is 1. The van der Waals surface area contributed by atoms with Crippen molar-refractivity contribution < 1.29 is 26.4 Å². The fourth-order valence-electron chi connectivity index (χ4n) is 3.26. The number of alkyl halides is 3. The van der Waals surface area contributed by atoms with E-state index < -0.39 is 43.9 Å². The summed E-state index contributed by atoms with van der Waals surface area (Å²) >= 11 is 0. The molecule has 0 radical (unpaired) electrons. The Morgan fingerprint density at radius 2 is 1.76 bits per heavy atom. The van der Waals surface area contributed by atoms with E-state index in [0.717, 1.165) is 6.07 Å². The number of fused-ring (bicyclic) bond motifs is 1. The zero-order valence-electron chi connectivity index (χ0n) is 16.7. The van der Waals surface area contributed by atoms with Crippen molar-refractivity contribution in [2.75, 3.05) is 0 Å². The number of benzene rings is 1. The summed E-state index contributed by atoms with van der Waals surface area (Å²) < 4.78 is 68.1. The van der Waals surface area contributed by atoms with Gasteiger partial charge in [0.2, 0.25) is 0 Å². The molecule has 13 heteroatoms. The maximum Gasteiger partial charge on any atom is 0.435 e. The molecule has 0 saturated carbocycles. The molecule has 0 unspecified atom stereocenters. The number of carbonyl (C=O) groups excluding carboxylic acids is 1. The fraction of sp³-hybridized carbons (Fsp3) is 0.100. The molecule has 3 heterocycles. The van der Waals surface area contributed by atoms with Crippen molar-refractivity contribution in [1.29, 1.82) is 0 Å². The van der Waals surface area contributed by atoms with E-state index in [2.05, 4.69) is 15.1 Å². The first kappa shape index (κ1) is 22.2. The van der Waals surface area contributed by atoms with Gasteiger partial charge in [-0.3, -0.25) is 9.59 Å². The maximum atomic E-state index is 13.7. The van der Waals surface area contributed by atoms with Gasteiger partial charge in [-0.15, -0.1) is 0 Å². The molecule has 0 saturated heterocycles. The van der Waals surface area contributed by atoms with Crippen LogP contribution in [0.1, 0.15) is 21.7 Å². The monoisotopic (exact) mass is 477 g/mol. The minimum Gasteiger partial charge on any atom is -0.342 e. The number of H-pyrrole nitrogens is 1. The second-order valence-corrected chi connectivity index (χ2v) is 8.51. The summed E-state index contributed by atoms with van der Waals surface area (Å²) in [5.41, 5.74) is -3.94. The van der Waals surface area contributed by atoms with Gasteiger partial charge in [-0.1, -0.05) is 36.4 Å². The number of pyridine rings is 1. The van der Waals surface area contributed by atoms with Crippen LogP contribution in [0.25, 0.3) is 16.8 Å². The summed E-state index contributed by atoms with van der Waals surface area (Å²) in [7, 11) is -4.44. The molecule has 0 atom stereocenters. The lowest BCUT2D eigenvalue weighted by molar-refractivity contribution is -0.140. The second kappa shape index (κ2) is 7.85. The Hall–Kier alpha value is -4.00. The SMILES string of the molecule is Cc1[nH]c2c(-c3ccccc3)c(C(F)(F)F)nn2c(=O)c1C(=O)NS(=O)(=O)c1ccccn1. The molecule has 1 aromatic carbocycles. The van der Waals surface area contributed by atoms with Crippen molar-refractivity contribution in [2.45, 2.75) is 18.1 Å². The van der Waals surface area contributed by atoms with Crippen molar-refractivity contribution in [2.24, 2.45) is 0 Å². The van der Waals surface area contributed by atoms with E-state index in [-0.39, 0.29) is 22.5 Å². The van der Waals surface area contributed by atoms with Crippen molar-refractivity contribution in [3.05, 3.63) is 82.0 Å². The molecule has 170 valence electrons. The average Bonchev–Trinajstić information content (AvgIpc) is 3.15. The predicted octanol–water partition coefficient (Wildman–Crippen LogP) is 2.53. The minimum atomic E-state index is -4.91. The van der Waals surface area contributed by atoms with Gasteiger partial charge < -0.3 is 4.98 Å².